The van der Waals surface area contributed by atoms with Gasteiger partial charge in [-0.3, -0.25) is 9.59 Å². The molecule has 0 unspecified atom stereocenters. The molecule has 0 bridgehead atoms. The monoisotopic (exact) mass is 456 g/mol. The number of hydrogen-bond acceptors (Lipinski definition) is 3. The van der Waals surface area contributed by atoms with Crippen LogP contribution in [0.5, 0.6) is 0 Å². The lowest BCUT2D eigenvalue weighted by Crippen LogP contribution is -2.35. The van der Waals surface area contributed by atoms with Crippen LogP contribution in [-0.2, 0) is 21.4 Å². The molecule has 3 aromatic carbocycles. The van der Waals surface area contributed by atoms with Crippen molar-refractivity contribution in [1.29, 1.82) is 0 Å². The van der Waals surface area contributed by atoms with E-state index in [0.29, 0.717) is 34.1 Å². The van der Waals surface area contributed by atoms with Gasteiger partial charge >= 0.3 is 0 Å². The van der Waals surface area contributed by atoms with Crippen molar-refractivity contribution in [2.75, 3.05) is 16.3 Å². The summed E-state index contributed by atoms with van der Waals surface area (Å²) in [7, 11) is 0. The maximum atomic E-state index is 13.8. The van der Waals surface area contributed by atoms with E-state index < -0.39 is 0 Å². The smallest absolute Gasteiger partial charge is 0.282 e. The summed E-state index contributed by atoms with van der Waals surface area (Å²) < 4.78 is 0. The van der Waals surface area contributed by atoms with Gasteiger partial charge in [-0.1, -0.05) is 74.8 Å². The van der Waals surface area contributed by atoms with Gasteiger partial charge in [0.15, 0.2) is 0 Å². The van der Waals surface area contributed by atoms with Crippen molar-refractivity contribution in [3.8, 4) is 0 Å². The van der Waals surface area contributed by atoms with Crippen molar-refractivity contribution >= 4 is 40.4 Å². The largest absolute Gasteiger partial charge is 0.336 e. The summed E-state index contributed by atoms with van der Waals surface area (Å²) in [5.41, 5.74) is 5.37. The minimum atomic E-state index is -0.315. The maximum Gasteiger partial charge on any atom is 0.282 e. The maximum absolute atomic E-state index is 13.8. The van der Waals surface area contributed by atoms with Gasteiger partial charge in [-0.25, -0.2) is 4.90 Å². The van der Waals surface area contributed by atoms with E-state index in [1.165, 1.54) is 10.5 Å². The van der Waals surface area contributed by atoms with Gasteiger partial charge in [0, 0.05) is 17.3 Å². The van der Waals surface area contributed by atoms with E-state index in [1.54, 1.807) is 24.3 Å². The number of nitrogens with zero attached hydrogens (tertiary/aromatic N) is 2. The highest BCUT2D eigenvalue weighted by Gasteiger charge is 2.44. The molecule has 166 valence electrons. The van der Waals surface area contributed by atoms with Crippen LogP contribution in [0.4, 0.5) is 11.4 Å². The van der Waals surface area contributed by atoms with Crippen LogP contribution in [0.15, 0.2) is 78.5 Å². The summed E-state index contributed by atoms with van der Waals surface area (Å²) >= 11 is 6.10. The fourth-order valence-corrected chi connectivity index (χ4v) is 4.69. The molecule has 4 nitrogen and oxygen atoms in total. The van der Waals surface area contributed by atoms with E-state index in [0.717, 1.165) is 17.7 Å². The van der Waals surface area contributed by atoms with Crippen LogP contribution >= 0.6 is 11.6 Å². The molecule has 0 saturated carbocycles. The Morgan fingerprint density at radius 2 is 1.48 bits per heavy atom. The van der Waals surface area contributed by atoms with E-state index in [2.05, 4.69) is 26.8 Å². The number of fused-ring (bicyclic) bond motifs is 1. The second-order valence-electron chi connectivity index (χ2n) is 9.50. The second kappa shape index (κ2) is 7.89. The number of rotatable bonds is 3. The Kier molecular flexibility index (Phi) is 5.13. The Morgan fingerprint density at radius 1 is 0.818 bits per heavy atom. The Morgan fingerprint density at radius 3 is 2.15 bits per heavy atom. The average Bonchev–Trinajstić information content (AvgIpc) is 3.32. The van der Waals surface area contributed by atoms with E-state index >= 15 is 0 Å². The molecule has 0 radical (unpaired) electrons. The molecule has 5 heteroatoms. The van der Waals surface area contributed by atoms with Gasteiger partial charge in [0.05, 0.1) is 11.3 Å². The topological polar surface area (TPSA) is 40.6 Å². The Hall–Kier alpha value is -3.37. The van der Waals surface area contributed by atoms with Gasteiger partial charge < -0.3 is 4.90 Å². The molecule has 0 N–H and O–H groups in total. The summed E-state index contributed by atoms with van der Waals surface area (Å²) in [6.07, 6.45) is 0.829. The third-order valence-corrected chi connectivity index (χ3v) is 6.59. The van der Waals surface area contributed by atoms with E-state index in [4.69, 9.17) is 11.6 Å². The minimum absolute atomic E-state index is 0.0192. The summed E-state index contributed by atoms with van der Waals surface area (Å²) in [5.74, 6) is -0.615. The number of carbonyl (C=O) groups is 2. The van der Waals surface area contributed by atoms with E-state index in [1.807, 2.05) is 47.4 Å². The van der Waals surface area contributed by atoms with Crippen molar-refractivity contribution in [1.82, 2.24) is 0 Å². The van der Waals surface area contributed by atoms with Crippen LogP contribution in [-0.4, -0.2) is 18.4 Å². The molecule has 0 atom stereocenters. The van der Waals surface area contributed by atoms with Gasteiger partial charge in [0.25, 0.3) is 11.8 Å². The summed E-state index contributed by atoms with van der Waals surface area (Å²) in [6, 6.07) is 22.8. The predicted molar refractivity (Wildman–Crippen MR) is 133 cm³/mol. The van der Waals surface area contributed by atoms with Crippen LogP contribution in [0.1, 0.15) is 37.5 Å². The average molecular weight is 457 g/mol. The number of anilines is 2. The van der Waals surface area contributed by atoms with Gasteiger partial charge in [-0.2, -0.15) is 0 Å². The molecule has 33 heavy (non-hydrogen) atoms. The minimum Gasteiger partial charge on any atom is -0.336 e. The molecular formula is C28H25ClN2O2. The second-order valence-corrected chi connectivity index (χ2v) is 9.94. The molecule has 3 aromatic rings. The van der Waals surface area contributed by atoms with E-state index in [9.17, 15) is 9.59 Å². The third-order valence-electron chi connectivity index (χ3n) is 6.34. The lowest BCUT2D eigenvalue weighted by molar-refractivity contribution is -0.120. The SMILES string of the molecule is CC(C)(C)c1ccc(N2C(=O)C(c3ccc(Cl)cc3)=C(N3CCc4ccccc43)C2=O)cc1. The first-order valence-corrected chi connectivity index (χ1v) is 11.5. The molecule has 0 spiro atoms. The Bertz CT molecular complexity index is 1280. The normalized spacial score (nSPS) is 16.1. The van der Waals surface area contributed by atoms with Crippen molar-refractivity contribution in [3.63, 3.8) is 0 Å². The first kappa shape index (κ1) is 21.5. The molecule has 2 aliphatic rings. The number of carbonyl (C=O) groups excluding carboxylic acids is 2. The molecule has 2 amide bonds. The molecule has 5 rings (SSSR count). The summed E-state index contributed by atoms with van der Waals surface area (Å²) in [5, 5.41) is 0.582. The van der Waals surface area contributed by atoms with Crippen LogP contribution in [0.3, 0.4) is 0 Å². The number of para-hydroxylation sites is 1. The first-order chi connectivity index (χ1) is 15.8. The van der Waals surface area contributed by atoms with Crippen LogP contribution < -0.4 is 9.80 Å². The molecule has 0 saturated heterocycles. The number of imide groups is 1. The fourth-order valence-electron chi connectivity index (χ4n) is 4.56. The molecule has 2 heterocycles. The van der Waals surface area contributed by atoms with Gasteiger partial charge in [0.2, 0.25) is 0 Å². The third kappa shape index (κ3) is 3.65. The van der Waals surface area contributed by atoms with Gasteiger partial charge in [0.1, 0.15) is 5.70 Å². The highest BCUT2D eigenvalue weighted by Crippen LogP contribution is 2.40. The van der Waals surface area contributed by atoms with Crippen LogP contribution in [0.25, 0.3) is 5.57 Å². The number of benzene rings is 3. The first-order valence-electron chi connectivity index (χ1n) is 11.1. The van der Waals surface area contributed by atoms with E-state index in [-0.39, 0.29) is 17.2 Å². The van der Waals surface area contributed by atoms with Crippen LogP contribution in [0.2, 0.25) is 5.02 Å². The van der Waals surface area contributed by atoms with Gasteiger partial charge in [-0.05, 0) is 58.9 Å². The number of hydrogen-bond donors (Lipinski definition) is 0. The quantitative estimate of drug-likeness (QED) is 0.455. The van der Waals surface area contributed by atoms with Crippen molar-refractivity contribution in [2.45, 2.75) is 32.6 Å². The molecule has 0 aromatic heterocycles. The lowest BCUT2D eigenvalue weighted by Gasteiger charge is -2.23. The van der Waals surface area contributed by atoms with Crippen LogP contribution in [0, 0.1) is 0 Å². The molecule has 2 aliphatic heterocycles. The molecular weight excluding hydrogens is 432 g/mol. The number of halogens is 1. The van der Waals surface area contributed by atoms with Crippen molar-refractivity contribution < 1.29 is 9.59 Å². The summed E-state index contributed by atoms with van der Waals surface area (Å²) in [4.78, 5) is 30.9. The van der Waals surface area contributed by atoms with Crippen molar-refractivity contribution in [3.05, 3.63) is 100 Å². The highest BCUT2D eigenvalue weighted by atomic mass is 35.5. The fraction of sp³-hybridized carbons (Fsp3) is 0.214. The predicted octanol–water partition coefficient (Wildman–Crippen LogP) is 5.98. The molecule has 0 fully saturated rings. The van der Waals surface area contributed by atoms with Gasteiger partial charge in [-0.15, -0.1) is 0 Å². The number of amides is 2. The molecule has 0 aliphatic carbocycles. The lowest BCUT2D eigenvalue weighted by atomic mass is 9.87. The zero-order chi connectivity index (χ0) is 23.3. The zero-order valence-electron chi connectivity index (χ0n) is 18.9. The Labute approximate surface area is 199 Å². The summed E-state index contributed by atoms with van der Waals surface area (Å²) in [6.45, 7) is 7.06. The standard InChI is InChI=1S/C28H25ClN2O2/c1-28(2,3)20-10-14-22(15-11-20)31-26(32)24(19-8-12-21(29)13-9-19)25(27(31)33)30-17-16-18-6-4-5-7-23(18)30/h4-15H,16-17H2,1-3H3. The zero-order valence-corrected chi connectivity index (χ0v) is 19.7. The Balaban J connectivity index is 1.63. The van der Waals surface area contributed by atoms with Crippen molar-refractivity contribution in [2.24, 2.45) is 0 Å². The highest BCUT2D eigenvalue weighted by molar-refractivity contribution is 6.46.